The summed E-state index contributed by atoms with van der Waals surface area (Å²) in [4.78, 5) is 180. The van der Waals surface area contributed by atoms with Gasteiger partial charge in [0.15, 0.2) is 0 Å². The Kier molecular flexibility index (Phi) is 36.8. The molecule has 33 heteroatoms. The normalized spacial score (nSPS) is 22.0. The van der Waals surface area contributed by atoms with Crippen LogP contribution in [0.1, 0.15) is 124 Å². The summed E-state index contributed by atoms with van der Waals surface area (Å²) in [7, 11) is 0. The van der Waals surface area contributed by atoms with E-state index in [9.17, 15) is 72.5 Å². The second kappa shape index (κ2) is 42.2. The number of aliphatic hydroxyl groups is 1. The molecule has 1 aromatic carbocycles. The van der Waals surface area contributed by atoms with Gasteiger partial charge in [-0.05, 0) is 115 Å². The largest absolute Gasteiger partial charge is 0.481 e. The predicted octanol–water partition coefficient (Wildman–Crippen LogP) is -6.28. The molecule has 1 aliphatic heterocycles. The van der Waals surface area contributed by atoms with E-state index in [0.29, 0.717) is 17.9 Å². The van der Waals surface area contributed by atoms with Crippen molar-refractivity contribution in [3.8, 4) is 0 Å². The lowest BCUT2D eigenvalue weighted by molar-refractivity contribution is -0.156. The van der Waals surface area contributed by atoms with E-state index < -0.39 is 175 Å². The number of carbonyl (C=O) groups is 13. The van der Waals surface area contributed by atoms with Gasteiger partial charge in [0, 0.05) is 19.4 Å². The van der Waals surface area contributed by atoms with Crippen LogP contribution < -0.4 is 92.9 Å². The van der Waals surface area contributed by atoms with Gasteiger partial charge in [0.2, 0.25) is 65.0 Å². The predicted molar refractivity (Wildman–Crippen MR) is 336 cm³/mol. The number of carboxylic acids is 1. The summed E-state index contributed by atoms with van der Waals surface area (Å²) >= 11 is 0. The Morgan fingerprint density at radius 3 is 1.59 bits per heavy atom. The minimum atomic E-state index is -1.92. The second-order valence-electron chi connectivity index (χ2n) is 23.5. The number of aliphatic carboxylic acids is 1. The Morgan fingerprint density at radius 2 is 1.08 bits per heavy atom. The number of carbonyl (C=O) groups excluding carboxylic acids is 12. The van der Waals surface area contributed by atoms with Gasteiger partial charge in [-0.1, -0.05) is 70.9 Å². The quantitative estimate of drug-likeness (QED) is 0.0236. The molecule has 2 rings (SSSR count). The number of hydrogen-bond acceptors (Lipinski definition) is 21. The maximum atomic E-state index is 14.7. The van der Waals surface area contributed by atoms with Gasteiger partial charge < -0.3 is 108 Å². The molecule has 0 saturated carbocycles. The van der Waals surface area contributed by atoms with Crippen molar-refractivity contribution in [2.75, 3.05) is 39.3 Å². The molecule has 13 atom stereocenters. The Labute approximate surface area is 536 Å². The van der Waals surface area contributed by atoms with E-state index in [4.69, 9.17) is 39.1 Å². The maximum Gasteiger partial charge on any atom is 0.323 e. The first-order valence-electron chi connectivity index (χ1n) is 31.2. The Hall–Kier alpha value is -7.95. The molecule has 1 aliphatic rings. The van der Waals surface area contributed by atoms with E-state index in [1.165, 1.54) is 6.92 Å². The Balaban J connectivity index is 2.80. The van der Waals surface area contributed by atoms with E-state index in [0.717, 1.165) is 19.8 Å². The molecule has 92 heavy (non-hydrogen) atoms. The van der Waals surface area contributed by atoms with Gasteiger partial charge in [0.1, 0.15) is 72.6 Å². The zero-order valence-electron chi connectivity index (χ0n) is 53.6. The fourth-order valence-electron chi connectivity index (χ4n) is 9.58. The van der Waals surface area contributed by atoms with Crippen molar-refractivity contribution in [3.63, 3.8) is 0 Å². The lowest BCUT2D eigenvalue weighted by Crippen LogP contribution is -2.62. The number of aliphatic hydroxyl groups excluding tert-OH is 1. The van der Waals surface area contributed by atoms with Gasteiger partial charge >= 0.3 is 11.9 Å². The van der Waals surface area contributed by atoms with Crippen LogP contribution in [-0.4, -0.2) is 205 Å². The van der Waals surface area contributed by atoms with Crippen LogP contribution >= 0.6 is 0 Å². The fourth-order valence-corrected chi connectivity index (χ4v) is 9.58. The topological polar surface area (TPSA) is 560 Å². The summed E-state index contributed by atoms with van der Waals surface area (Å²) in [6.07, 6.45) is -3.88. The average molecular weight is 1300 g/mol. The average Bonchev–Trinajstić information content (AvgIpc) is 1.13. The van der Waals surface area contributed by atoms with Crippen LogP contribution in [0, 0.1) is 11.8 Å². The molecule has 518 valence electrons. The Bertz CT molecular complexity index is 2600. The Morgan fingerprint density at radius 1 is 0.576 bits per heavy atom. The van der Waals surface area contributed by atoms with Crippen LogP contribution in [0.2, 0.25) is 0 Å². The van der Waals surface area contributed by atoms with E-state index in [-0.39, 0.29) is 90.0 Å². The number of benzene rings is 1. The highest BCUT2D eigenvalue weighted by Crippen LogP contribution is 2.13. The lowest BCUT2D eigenvalue weighted by Gasteiger charge is -2.30. The molecule has 1 heterocycles. The van der Waals surface area contributed by atoms with Gasteiger partial charge in [-0.25, -0.2) is 0 Å². The number of ether oxygens (including phenoxy) is 1. The molecule has 0 radical (unpaired) electrons. The molecular formula is C59H101N17O16. The molecule has 33 nitrogen and oxygen atoms in total. The van der Waals surface area contributed by atoms with Crippen molar-refractivity contribution in [2.24, 2.45) is 46.2 Å². The molecule has 1 aromatic rings. The standard InChI is InChI=1S/C59H101N17O16/c1-31(2)12-10-11-15-45(78)67-37(16-22-60)53(85)76-48(34(6)92-59(91)36(65)30-46(79)80)58(90)72-40(19-25-63)50(82)71-42-21-27-66-57(89)47(33(5)77)75-54(86)41(20-26-64)69-49(81)38(17-23-61)70-55(87)43(28-32(3)4)73-56(88)44(29-35-13-8-7-9-14-35)74-51(83)39(18-24-62)68-52(42)84/h7-9,13-14,31-34,36-44,47-48,77H,10-12,15-30,60-65H2,1-6H3,(H,66,89)(H,67,78)(H,68,84)(H,69,81)(H,70,87)(H,71,82)(H,72,90)(H,73,88)(H,74,83)(H,75,86)(H,76,85)(H,79,80)/t33-,34-,36+,37+,38+,39+,40+,41+,42+,43+,44-,47+,48+/m1/s1. The van der Waals surface area contributed by atoms with Crippen molar-refractivity contribution in [1.82, 2.24) is 58.5 Å². The first kappa shape index (κ1) is 80.1. The number of rotatable bonds is 32. The van der Waals surface area contributed by atoms with Crippen molar-refractivity contribution in [3.05, 3.63) is 35.9 Å². The molecule has 25 N–H and O–H groups in total. The first-order chi connectivity index (χ1) is 43.5. The molecule has 0 bridgehead atoms. The van der Waals surface area contributed by atoms with Gasteiger partial charge in [0.05, 0.1) is 12.5 Å². The van der Waals surface area contributed by atoms with E-state index in [1.54, 1.807) is 44.2 Å². The number of amides is 11. The van der Waals surface area contributed by atoms with Crippen LogP contribution in [0.25, 0.3) is 0 Å². The molecule has 0 aromatic heterocycles. The molecule has 11 amide bonds. The monoisotopic (exact) mass is 1300 g/mol. The van der Waals surface area contributed by atoms with Gasteiger partial charge in [-0.2, -0.15) is 0 Å². The minimum Gasteiger partial charge on any atom is -0.481 e. The molecule has 0 spiro atoms. The molecule has 0 aliphatic carbocycles. The number of nitrogens with one attached hydrogen (secondary N) is 11. The highest BCUT2D eigenvalue weighted by molar-refractivity contribution is 5.99. The van der Waals surface area contributed by atoms with E-state index >= 15 is 0 Å². The maximum absolute atomic E-state index is 14.7. The molecule has 0 unspecified atom stereocenters. The summed E-state index contributed by atoms with van der Waals surface area (Å²) in [6, 6.07) is -8.94. The first-order valence-corrected chi connectivity index (χ1v) is 31.2. The van der Waals surface area contributed by atoms with E-state index in [1.807, 2.05) is 13.8 Å². The molecule has 1 fully saturated rings. The number of esters is 1. The smallest absolute Gasteiger partial charge is 0.323 e. The highest BCUT2D eigenvalue weighted by Gasteiger charge is 2.39. The summed E-state index contributed by atoms with van der Waals surface area (Å²) in [5, 5.41) is 48.0. The van der Waals surface area contributed by atoms with Crippen LogP contribution in [0.3, 0.4) is 0 Å². The SMILES string of the molecule is CC(C)CCCCC(=O)N[C@@H](CCN)C(=O)N[C@H](C(=O)N[C@@H](CCN)C(=O)N[C@H]1CCNC(=O)[C@H]([C@@H](C)O)NC(=O)[C@H](CCN)NC(=O)[C@H](CCN)NC(=O)[C@H](CC(C)C)NC(=O)[C@@H](Cc2ccccc2)NC(=O)[C@H](CCN)NC1=O)[C@@H](C)OC(=O)[C@@H](N)CC(=O)O. The van der Waals surface area contributed by atoms with E-state index in [2.05, 4.69) is 58.5 Å². The number of carboxylic acid groups (broad SMARTS) is 1. The van der Waals surface area contributed by atoms with Crippen LogP contribution in [0.4, 0.5) is 0 Å². The van der Waals surface area contributed by atoms with Crippen LogP contribution in [0.15, 0.2) is 30.3 Å². The number of unbranched alkanes of at least 4 members (excludes halogenated alkanes) is 1. The van der Waals surface area contributed by atoms with Crippen molar-refractivity contribution in [1.29, 1.82) is 0 Å². The number of hydrogen-bond donors (Lipinski definition) is 19. The zero-order valence-corrected chi connectivity index (χ0v) is 53.6. The third-order valence-electron chi connectivity index (χ3n) is 14.6. The summed E-state index contributed by atoms with van der Waals surface area (Å²) in [5.41, 5.74) is 35.8. The van der Waals surface area contributed by atoms with Gasteiger partial charge in [-0.15, -0.1) is 0 Å². The van der Waals surface area contributed by atoms with Crippen molar-refractivity contribution < 1.29 is 77.3 Å². The zero-order chi connectivity index (χ0) is 69.2. The second-order valence-corrected chi connectivity index (χ2v) is 23.5. The summed E-state index contributed by atoms with van der Waals surface area (Å²) in [5.74, 6) is -13.1. The molecular weight excluding hydrogens is 1200 g/mol. The third kappa shape index (κ3) is 29.1. The summed E-state index contributed by atoms with van der Waals surface area (Å²) in [6.45, 7) is 8.39. The number of nitrogens with two attached hydrogens (primary N) is 6. The summed E-state index contributed by atoms with van der Waals surface area (Å²) < 4.78 is 5.38. The van der Waals surface area contributed by atoms with Crippen LogP contribution in [-0.2, 0) is 73.5 Å². The lowest BCUT2D eigenvalue weighted by atomic mass is 10.00. The fraction of sp³-hybridized carbons (Fsp3) is 0.678. The van der Waals surface area contributed by atoms with Crippen molar-refractivity contribution >= 4 is 76.9 Å². The van der Waals surface area contributed by atoms with Crippen molar-refractivity contribution in [2.45, 2.75) is 204 Å². The highest BCUT2D eigenvalue weighted by atomic mass is 16.5. The van der Waals surface area contributed by atoms with Gasteiger partial charge in [0.25, 0.3) is 0 Å². The van der Waals surface area contributed by atoms with Gasteiger partial charge in [-0.3, -0.25) is 62.3 Å². The minimum absolute atomic E-state index is 0.0167. The van der Waals surface area contributed by atoms with Crippen LogP contribution in [0.5, 0.6) is 0 Å². The molecule has 1 saturated heterocycles. The third-order valence-corrected chi connectivity index (χ3v) is 14.6.